The molecule has 2 N–H and O–H groups in total. The molecule has 1 aliphatic carbocycles. The molecule has 0 amide bonds. The van der Waals surface area contributed by atoms with Crippen LogP contribution >= 0.6 is 0 Å². The van der Waals surface area contributed by atoms with E-state index in [0.29, 0.717) is 11.8 Å². The molecule has 0 radical (unpaired) electrons. The SMILES string of the molecule is CCCC1CCC(CN)C(c2cccc3ccccc23)C1. The van der Waals surface area contributed by atoms with E-state index in [0.717, 1.165) is 12.5 Å². The van der Waals surface area contributed by atoms with Gasteiger partial charge in [0, 0.05) is 0 Å². The molecule has 0 saturated heterocycles. The minimum absolute atomic E-state index is 0.645. The predicted octanol–water partition coefficient (Wildman–Crippen LogP) is 5.10. The molecule has 112 valence electrons. The number of hydrogen-bond acceptors (Lipinski definition) is 1. The summed E-state index contributed by atoms with van der Waals surface area (Å²) in [6.07, 6.45) is 6.68. The van der Waals surface area contributed by atoms with E-state index in [1.807, 2.05) is 0 Å². The second-order valence-corrected chi connectivity index (χ2v) is 6.64. The van der Waals surface area contributed by atoms with E-state index in [2.05, 4.69) is 49.4 Å². The Kier molecular flexibility index (Phi) is 4.60. The van der Waals surface area contributed by atoms with Gasteiger partial charge in [0.05, 0.1) is 0 Å². The third kappa shape index (κ3) is 2.98. The molecule has 3 atom stereocenters. The molecule has 21 heavy (non-hydrogen) atoms. The van der Waals surface area contributed by atoms with Crippen molar-refractivity contribution in [2.75, 3.05) is 6.54 Å². The minimum Gasteiger partial charge on any atom is -0.330 e. The first-order valence-corrected chi connectivity index (χ1v) is 8.51. The van der Waals surface area contributed by atoms with Crippen molar-refractivity contribution in [2.45, 2.75) is 44.9 Å². The zero-order valence-corrected chi connectivity index (χ0v) is 13.1. The maximum absolute atomic E-state index is 6.09. The number of hydrogen-bond donors (Lipinski definition) is 1. The van der Waals surface area contributed by atoms with E-state index in [-0.39, 0.29) is 0 Å². The molecular weight excluding hydrogens is 254 g/mol. The van der Waals surface area contributed by atoms with Crippen LogP contribution in [0.3, 0.4) is 0 Å². The van der Waals surface area contributed by atoms with Crippen molar-refractivity contribution in [1.29, 1.82) is 0 Å². The molecule has 1 saturated carbocycles. The summed E-state index contributed by atoms with van der Waals surface area (Å²) in [6.45, 7) is 3.13. The van der Waals surface area contributed by atoms with Crippen molar-refractivity contribution in [1.82, 2.24) is 0 Å². The van der Waals surface area contributed by atoms with Gasteiger partial charge in [0.25, 0.3) is 0 Å². The van der Waals surface area contributed by atoms with Gasteiger partial charge >= 0.3 is 0 Å². The lowest BCUT2D eigenvalue weighted by Crippen LogP contribution is -2.29. The van der Waals surface area contributed by atoms with E-state index < -0.39 is 0 Å². The molecule has 1 fully saturated rings. The van der Waals surface area contributed by atoms with Crippen LogP contribution in [0.1, 0.15) is 50.5 Å². The second-order valence-electron chi connectivity index (χ2n) is 6.64. The van der Waals surface area contributed by atoms with E-state index in [4.69, 9.17) is 5.73 Å². The Morgan fingerprint density at radius 2 is 1.86 bits per heavy atom. The fourth-order valence-corrected chi connectivity index (χ4v) is 4.23. The molecule has 1 nitrogen and oxygen atoms in total. The van der Waals surface area contributed by atoms with Crippen LogP contribution < -0.4 is 5.73 Å². The third-order valence-corrected chi connectivity index (χ3v) is 5.32. The van der Waals surface area contributed by atoms with Crippen LogP contribution in [-0.4, -0.2) is 6.54 Å². The van der Waals surface area contributed by atoms with Gasteiger partial charge in [-0.25, -0.2) is 0 Å². The highest BCUT2D eigenvalue weighted by Crippen LogP contribution is 2.43. The standard InChI is InChI=1S/C20H27N/c1-2-6-15-11-12-17(14-21)20(13-15)19-10-5-8-16-7-3-4-9-18(16)19/h3-5,7-10,15,17,20H,2,6,11-14,21H2,1H3. The van der Waals surface area contributed by atoms with Crippen LogP contribution in [0.4, 0.5) is 0 Å². The van der Waals surface area contributed by atoms with Gasteiger partial charge in [-0.1, -0.05) is 68.7 Å². The molecule has 1 aliphatic rings. The summed E-state index contributed by atoms with van der Waals surface area (Å²) in [5.74, 6) is 2.19. The first kappa shape index (κ1) is 14.6. The third-order valence-electron chi connectivity index (χ3n) is 5.32. The second kappa shape index (κ2) is 6.62. The highest BCUT2D eigenvalue weighted by atomic mass is 14.6. The number of nitrogens with two attached hydrogens (primary N) is 1. The molecule has 0 heterocycles. The average molecular weight is 281 g/mol. The molecule has 0 spiro atoms. The first-order chi connectivity index (χ1) is 10.3. The first-order valence-electron chi connectivity index (χ1n) is 8.51. The fourth-order valence-electron chi connectivity index (χ4n) is 4.23. The van der Waals surface area contributed by atoms with Gasteiger partial charge in [-0.15, -0.1) is 0 Å². The topological polar surface area (TPSA) is 26.0 Å². The quantitative estimate of drug-likeness (QED) is 0.829. The maximum Gasteiger partial charge on any atom is -0.00430 e. The van der Waals surface area contributed by atoms with Gasteiger partial charge in [-0.2, -0.15) is 0 Å². The average Bonchev–Trinajstić information content (AvgIpc) is 2.54. The Hall–Kier alpha value is -1.34. The molecule has 0 aliphatic heterocycles. The van der Waals surface area contributed by atoms with Crippen LogP contribution in [-0.2, 0) is 0 Å². The lowest BCUT2D eigenvalue weighted by molar-refractivity contribution is 0.231. The van der Waals surface area contributed by atoms with E-state index in [9.17, 15) is 0 Å². The molecule has 0 bridgehead atoms. The lowest BCUT2D eigenvalue weighted by atomic mass is 9.69. The Labute approximate surface area is 128 Å². The number of fused-ring (bicyclic) bond motifs is 1. The summed E-state index contributed by atoms with van der Waals surface area (Å²) in [7, 11) is 0. The van der Waals surface area contributed by atoms with Gasteiger partial charge in [0.15, 0.2) is 0 Å². The minimum atomic E-state index is 0.645. The van der Waals surface area contributed by atoms with Crippen molar-refractivity contribution in [2.24, 2.45) is 17.6 Å². The molecule has 2 aromatic rings. The van der Waals surface area contributed by atoms with Crippen molar-refractivity contribution < 1.29 is 0 Å². The zero-order chi connectivity index (χ0) is 14.7. The largest absolute Gasteiger partial charge is 0.330 e. The van der Waals surface area contributed by atoms with Crippen LogP contribution in [0, 0.1) is 11.8 Å². The van der Waals surface area contributed by atoms with Crippen molar-refractivity contribution in [3.63, 3.8) is 0 Å². The Morgan fingerprint density at radius 3 is 2.67 bits per heavy atom. The van der Waals surface area contributed by atoms with Crippen molar-refractivity contribution in [3.8, 4) is 0 Å². The van der Waals surface area contributed by atoms with Gasteiger partial charge in [-0.3, -0.25) is 0 Å². The summed E-state index contributed by atoms with van der Waals surface area (Å²) >= 11 is 0. The van der Waals surface area contributed by atoms with Crippen LogP contribution in [0.2, 0.25) is 0 Å². The van der Waals surface area contributed by atoms with E-state index in [1.165, 1.54) is 48.4 Å². The molecule has 0 aromatic heterocycles. The summed E-state index contributed by atoms with van der Waals surface area (Å²) < 4.78 is 0. The molecule has 3 unspecified atom stereocenters. The normalized spacial score (nSPS) is 26.1. The zero-order valence-electron chi connectivity index (χ0n) is 13.1. The van der Waals surface area contributed by atoms with Gasteiger partial charge in [0.2, 0.25) is 0 Å². The van der Waals surface area contributed by atoms with Gasteiger partial charge in [-0.05, 0) is 53.5 Å². The highest BCUT2D eigenvalue weighted by molar-refractivity contribution is 5.86. The monoisotopic (exact) mass is 281 g/mol. The smallest absolute Gasteiger partial charge is 0.00430 e. The molecule has 1 heteroatoms. The summed E-state index contributed by atoms with van der Waals surface area (Å²) in [5, 5.41) is 2.80. The van der Waals surface area contributed by atoms with E-state index >= 15 is 0 Å². The summed E-state index contributed by atoms with van der Waals surface area (Å²) in [5.41, 5.74) is 7.63. The maximum atomic E-state index is 6.09. The van der Waals surface area contributed by atoms with E-state index in [1.54, 1.807) is 0 Å². The number of benzene rings is 2. The molecular formula is C20H27N. The predicted molar refractivity (Wildman–Crippen MR) is 91.5 cm³/mol. The van der Waals surface area contributed by atoms with Crippen LogP contribution in [0.25, 0.3) is 10.8 Å². The molecule has 2 aromatic carbocycles. The van der Waals surface area contributed by atoms with Crippen molar-refractivity contribution in [3.05, 3.63) is 48.0 Å². The van der Waals surface area contributed by atoms with Crippen LogP contribution in [0.5, 0.6) is 0 Å². The number of rotatable bonds is 4. The summed E-state index contributed by atoms with van der Waals surface area (Å²) in [4.78, 5) is 0. The Morgan fingerprint density at radius 1 is 1.05 bits per heavy atom. The Balaban J connectivity index is 1.97. The molecule has 3 rings (SSSR count). The summed E-state index contributed by atoms with van der Waals surface area (Å²) in [6, 6.07) is 15.6. The highest BCUT2D eigenvalue weighted by Gasteiger charge is 2.31. The fraction of sp³-hybridized carbons (Fsp3) is 0.500. The lowest BCUT2D eigenvalue weighted by Gasteiger charge is -2.36. The van der Waals surface area contributed by atoms with Crippen LogP contribution in [0.15, 0.2) is 42.5 Å². The van der Waals surface area contributed by atoms with Crippen molar-refractivity contribution >= 4 is 10.8 Å². The van der Waals surface area contributed by atoms with Gasteiger partial charge in [0.1, 0.15) is 0 Å². The van der Waals surface area contributed by atoms with Gasteiger partial charge < -0.3 is 5.73 Å². The Bertz CT molecular complexity index is 584.